The smallest absolute Gasteiger partial charge is 0.215 e. The van der Waals surface area contributed by atoms with Gasteiger partial charge in [0.2, 0.25) is 6.23 Å². The number of hydrazone groups is 1. The number of hydrogen-bond acceptors (Lipinski definition) is 4. The fourth-order valence-corrected chi connectivity index (χ4v) is 4.28. The van der Waals surface area contributed by atoms with E-state index in [1.165, 1.54) is 12.1 Å². The van der Waals surface area contributed by atoms with Gasteiger partial charge in [0, 0.05) is 22.6 Å². The molecule has 0 spiro atoms. The summed E-state index contributed by atoms with van der Waals surface area (Å²) in [5.74, 6) is 1.17. The quantitative estimate of drug-likeness (QED) is 0.508. The molecule has 0 radical (unpaired) electrons. The summed E-state index contributed by atoms with van der Waals surface area (Å²) in [5.41, 5.74) is 3.64. The van der Waals surface area contributed by atoms with Crippen LogP contribution in [0.5, 0.6) is 11.5 Å². The topological polar surface area (TPSA) is 34.1 Å². The van der Waals surface area contributed by atoms with Gasteiger partial charge in [-0.05, 0) is 36.8 Å². The second kappa shape index (κ2) is 7.65. The Kier molecular flexibility index (Phi) is 4.83. The van der Waals surface area contributed by atoms with Gasteiger partial charge in [0.15, 0.2) is 11.5 Å². The minimum Gasteiger partial charge on any atom is -0.490 e. The van der Waals surface area contributed by atoms with E-state index in [2.05, 4.69) is 0 Å². The summed E-state index contributed by atoms with van der Waals surface area (Å²) in [6.45, 7) is 2.49. The SMILES string of the molecule is CCOc1cccc2c1O[C@H](c1ccccc1Cl)N1N=C(c3ccc(F)cc3)C[C@@H]21. The summed E-state index contributed by atoms with van der Waals surface area (Å²) in [6, 6.07) is 19.9. The highest BCUT2D eigenvalue weighted by atomic mass is 35.5. The average molecular weight is 423 g/mol. The number of halogens is 2. The van der Waals surface area contributed by atoms with E-state index < -0.39 is 6.23 Å². The van der Waals surface area contributed by atoms with Gasteiger partial charge in [-0.2, -0.15) is 5.10 Å². The molecular formula is C24H20ClFN2O2. The van der Waals surface area contributed by atoms with Crippen LogP contribution in [-0.4, -0.2) is 17.3 Å². The molecule has 0 aromatic heterocycles. The van der Waals surface area contributed by atoms with E-state index in [0.29, 0.717) is 23.8 Å². The molecule has 6 heteroatoms. The summed E-state index contributed by atoms with van der Waals surface area (Å²) >= 11 is 6.52. The number of rotatable bonds is 4. The molecule has 0 unspecified atom stereocenters. The predicted octanol–water partition coefficient (Wildman–Crippen LogP) is 6.12. The zero-order chi connectivity index (χ0) is 20.7. The zero-order valence-corrected chi connectivity index (χ0v) is 17.1. The van der Waals surface area contributed by atoms with Crippen LogP contribution in [0.3, 0.4) is 0 Å². The molecule has 152 valence electrons. The molecule has 0 saturated carbocycles. The van der Waals surface area contributed by atoms with Crippen molar-refractivity contribution in [3.8, 4) is 11.5 Å². The van der Waals surface area contributed by atoms with E-state index in [1.54, 1.807) is 12.1 Å². The Balaban J connectivity index is 1.62. The number of ether oxygens (including phenoxy) is 2. The Morgan fingerprint density at radius 2 is 1.83 bits per heavy atom. The van der Waals surface area contributed by atoms with Crippen molar-refractivity contribution in [2.45, 2.75) is 25.6 Å². The highest BCUT2D eigenvalue weighted by Crippen LogP contribution is 2.51. The number of hydrogen-bond donors (Lipinski definition) is 0. The van der Waals surface area contributed by atoms with Crippen molar-refractivity contribution in [2.24, 2.45) is 5.10 Å². The molecular weight excluding hydrogens is 403 g/mol. The van der Waals surface area contributed by atoms with Gasteiger partial charge >= 0.3 is 0 Å². The first-order valence-corrected chi connectivity index (χ1v) is 10.3. The van der Waals surface area contributed by atoms with Crippen LogP contribution < -0.4 is 9.47 Å². The minimum atomic E-state index is -0.490. The third-order valence-electron chi connectivity index (χ3n) is 5.43. The molecule has 30 heavy (non-hydrogen) atoms. The van der Waals surface area contributed by atoms with E-state index in [1.807, 2.05) is 54.4 Å². The molecule has 0 N–H and O–H groups in total. The molecule has 2 heterocycles. The normalized spacial score (nSPS) is 19.6. The van der Waals surface area contributed by atoms with Gasteiger partial charge in [0.1, 0.15) is 5.82 Å². The molecule has 0 amide bonds. The largest absolute Gasteiger partial charge is 0.490 e. The predicted molar refractivity (Wildman–Crippen MR) is 115 cm³/mol. The van der Waals surface area contributed by atoms with Crippen LogP contribution in [0.25, 0.3) is 0 Å². The van der Waals surface area contributed by atoms with Crippen LogP contribution >= 0.6 is 11.6 Å². The molecule has 3 aromatic carbocycles. The number of benzene rings is 3. The Morgan fingerprint density at radius 1 is 1.07 bits per heavy atom. The van der Waals surface area contributed by atoms with Gasteiger partial charge in [0.25, 0.3) is 0 Å². The van der Waals surface area contributed by atoms with Gasteiger partial charge in [0.05, 0.1) is 18.4 Å². The fraction of sp³-hybridized carbons (Fsp3) is 0.208. The second-order valence-corrected chi connectivity index (χ2v) is 7.66. The summed E-state index contributed by atoms with van der Waals surface area (Å²) < 4.78 is 25.7. The Hall–Kier alpha value is -3.05. The van der Waals surface area contributed by atoms with Crippen LogP contribution in [0.1, 0.15) is 42.3 Å². The van der Waals surface area contributed by atoms with E-state index in [-0.39, 0.29) is 11.9 Å². The number of para-hydroxylation sites is 1. The first-order chi connectivity index (χ1) is 14.7. The van der Waals surface area contributed by atoms with E-state index in [4.69, 9.17) is 26.2 Å². The van der Waals surface area contributed by atoms with Gasteiger partial charge in [-0.3, -0.25) is 0 Å². The maximum Gasteiger partial charge on any atom is 0.215 e. The van der Waals surface area contributed by atoms with Crippen LogP contribution in [0.4, 0.5) is 4.39 Å². The van der Waals surface area contributed by atoms with Crippen LogP contribution in [0.15, 0.2) is 71.8 Å². The summed E-state index contributed by atoms with van der Waals surface area (Å²) in [5, 5.41) is 7.46. The van der Waals surface area contributed by atoms with Crippen molar-refractivity contribution < 1.29 is 13.9 Å². The summed E-state index contributed by atoms with van der Waals surface area (Å²) in [7, 11) is 0. The summed E-state index contributed by atoms with van der Waals surface area (Å²) in [6.07, 6.45) is 0.189. The first kappa shape index (κ1) is 18.9. The second-order valence-electron chi connectivity index (χ2n) is 7.25. The van der Waals surface area contributed by atoms with Crippen molar-refractivity contribution in [3.63, 3.8) is 0 Å². The minimum absolute atomic E-state index is 0.0320. The maximum absolute atomic E-state index is 13.4. The third kappa shape index (κ3) is 3.19. The summed E-state index contributed by atoms with van der Waals surface area (Å²) in [4.78, 5) is 0. The highest BCUT2D eigenvalue weighted by Gasteiger charge is 2.42. The van der Waals surface area contributed by atoms with E-state index in [0.717, 1.165) is 28.2 Å². The lowest BCUT2D eigenvalue weighted by Crippen LogP contribution is -2.34. The fourth-order valence-electron chi connectivity index (χ4n) is 4.05. The highest BCUT2D eigenvalue weighted by molar-refractivity contribution is 6.31. The molecule has 2 atom stereocenters. The molecule has 2 aliphatic rings. The Labute approximate surface area is 179 Å². The average Bonchev–Trinajstić information content (AvgIpc) is 3.20. The Bertz CT molecular complexity index is 1120. The van der Waals surface area contributed by atoms with Gasteiger partial charge in [-0.1, -0.05) is 54.1 Å². The van der Waals surface area contributed by atoms with Gasteiger partial charge in [-0.15, -0.1) is 0 Å². The molecule has 2 aliphatic heterocycles. The van der Waals surface area contributed by atoms with Crippen LogP contribution in [0, 0.1) is 5.82 Å². The standard InChI is InChI=1S/C24H20ClFN2O2/c1-2-29-22-9-5-7-18-21-14-20(15-10-12-16(26)13-11-15)27-28(21)24(30-23(18)22)17-6-3-4-8-19(17)25/h3-13,21,24H,2,14H2,1H3/t21-,24+/m0/s1. The van der Waals surface area contributed by atoms with Crippen molar-refractivity contribution in [3.05, 3.63) is 94.3 Å². The van der Waals surface area contributed by atoms with Crippen molar-refractivity contribution in [2.75, 3.05) is 6.61 Å². The lowest BCUT2D eigenvalue weighted by Gasteiger charge is -2.39. The monoisotopic (exact) mass is 422 g/mol. The molecule has 4 nitrogen and oxygen atoms in total. The zero-order valence-electron chi connectivity index (χ0n) is 16.4. The van der Waals surface area contributed by atoms with Crippen LogP contribution in [0.2, 0.25) is 5.02 Å². The van der Waals surface area contributed by atoms with Gasteiger partial charge in [-0.25, -0.2) is 9.40 Å². The van der Waals surface area contributed by atoms with Crippen molar-refractivity contribution in [1.29, 1.82) is 0 Å². The Morgan fingerprint density at radius 3 is 2.60 bits per heavy atom. The first-order valence-electron chi connectivity index (χ1n) is 9.94. The molecule has 3 aromatic rings. The van der Waals surface area contributed by atoms with Crippen LogP contribution in [-0.2, 0) is 0 Å². The van der Waals surface area contributed by atoms with E-state index >= 15 is 0 Å². The number of fused-ring (bicyclic) bond motifs is 3. The van der Waals surface area contributed by atoms with Crippen molar-refractivity contribution in [1.82, 2.24) is 5.01 Å². The van der Waals surface area contributed by atoms with Crippen molar-refractivity contribution >= 4 is 17.3 Å². The maximum atomic E-state index is 13.4. The third-order valence-corrected chi connectivity index (χ3v) is 5.77. The van der Waals surface area contributed by atoms with Gasteiger partial charge < -0.3 is 9.47 Å². The molecule has 5 rings (SSSR count). The lowest BCUT2D eigenvalue weighted by atomic mass is 9.95. The molecule has 0 fully saturated rings. The molecule has 0 bridgehead atoms. The molecule has 0 aliphatic carbocycles. The lowest BCUT2D eigenvalue weighted by molar-refractivity contribution is -0.0211. The molecule has 0 saturated heterocycles. The van der Waals surface area contributed by atoms with E-state index in [9.17, 15) is 4.39 Å². The number of nitrogens with zero attached hydrogens (tertiary/aromatic N) is 2.